The van der Waals surface area contributed by atoms with E-state index in [0.29, 0.717) is 11.8 Å². The minimum Gasteiger partial charge on any atom is -0.508 e. The zero-order valence-corrected chi connectivity index (χ0v) is 13.1. The van der Waals surface area contributed by atoms with E-state index in [9.17, 15) is 5.11 Å². The Morgan fingerprint density at radius 2 is 2.11 bits per heavy atom. The van der Waals surface area contributed by atoms with Crippen LogP contribution in [-0.4, -0.2) is 36.2 Å². The Bertz CT molecular complexity index is 405. The van der Waals surface area contributed by atoms with Gasteiger partial charge in [-0.25, -0.2) is 0 Å². The quantitative estimate of drug-likeness (QED) is 0.871. The van der Waals surface area contributed by atoms with Crippen molar-refractivity contribution in [2.45, 2.75) is 32.2 Å². The summed E-state index contributed by atoms with van der Waals surface area (Å²) in [5.41, 5.74) is 1.06. The normalized spacial score (nSPS) is 18.4. The van der Waals surface area contributed by atoms with Gasteiger partial charge in [0.2, 0.25) is 0 Å². The van der Waals surface area contributed by atoms with Crippen LogP contribution in [0.4, 0.5) is 0 Å². The van der Waals surface area contributed by atoms with Gasteiger partial charge in [-0.15, -0.1) is 0 Å². The van der Waals surface area contributed by atoms with Crippen molar-refractivity contribution in [3.05, 3.63) is 28.2 Å². The highest BCUT2D eigenvalue weighted by Gasteiger charge is 2.24. The average Bonchev–Trinajstić information content (AvgIpc) is 2.44. The zero-order chi connectivity index (χ0) is 13.7. The predicted octanol–water partition coefficient (Wildman–Crippen LogP) is 3.29. The molecule has 1 aliphatic heterocycles. The number of hydrogen-bond acceptors (Lipinski definition) is 3. The Hall–Kier alpha value is -0.580. The Morgan fingerprint density at radius 1 is 1.37 bits per heavy atom. The van der Waals surface area contributed by atoms with Gasteiger partial charge in [0.25, 0.3) is 0 Å². The highest BCUT2D eigenvalue weighted by molar-refractivity contribution is 9.10. The van der Waals surface area contributed by atoms with E-state index in [1.807, 2.05) is 6.07 Å². The predicted molar refractivity (Wildman–Crippen MR) is 82.5 cm³/mol. The molecule has 106 valence electrons. The molecule has 3 nitrogen and oxygen atoms in total. The molecule has 0 amide bonds. The molecular formula is C15H23BrN2O. The molecule has 1 fully saturated rings. The van der Waals surface area contributed by atoms with Crippen molar-refractivity contribution in [1.82, 2.24) is 10.2 Å². The molecule has 1 aromatic rings. The van der Waals surface area contributed by atoms with Gasteiger partial charge < -0.3 is 10.4 Å². The molecule has 0 aromatic heterocycles. The van der Waals surface area contributed by atoms with E-state index in [1.165, 1.54) is 12.8 Å². The van der Waals surface area contributed by atoms with Crippen LogP contribution in [0.3, 0.4) is 0 Å². The average molecular weight is 327 g/mol. The van der Waals surface area contributed by atoms with Crippen LogP contribution in [0.2, 0.25) is 0 Å². The Kier molecular flexibility index (Phi) is 5.67. The van der Waals surface area contributed by atoms with E-state index in [1.54, 1.807) is 6.07 Å². The van der Waals surface area contributed by atoms with Crippen molar-refractivity contribution in [2.75, 3.05) is 26.2 Å². The number of rotatable bonds is 5. The molecule has 0 radical (unpaired) electrons. The maximum atomic E-state index is 10.2. The minimum atomic E-state index is 0.333. The molecule has 0 saturated carbocycles. The topological polar surface area (TPSA) is 35.5 Å². The molecule has 0 unspecified atom stereocenters. The van der Waals surface area contributed by atoms with Crippen molar-refractivity contribution in [3.63, 3.8) is 0 Å². The number of unbranched alkanes of at least 4 members (excludes halogenated alkanes) is 1. The van der Waals surface area contributed by atoms with Gasteiger partial charge in [-0.1, -0.05) is 35.7 Å². The fourth-order valence-corrected chi connectivity index (χ4v) is 3.10. The van der Waals surface area contributed by atoms with Crippen LogP contribution in [0.25, 0.3) is 0 Å². The number of halogens is 1. The lowest BCUT2D eigenvalue weighted by atomic mass is 9.98. The summed E-state index contributed by atoms with van der Waals surface area (Å²) in [5, 5.41) is 13.6. The van der Waals surface area contributed by atoms with Gasteiger partial charge in [-0.3, -0.25) is 4.90 Å². The molecular weight excluding hydrogens is 304 g/mol. The first-order valence-corrected chi connectivity index (χ1v) is 7.95. The summed E-state index contributed by atoms with van der Waals surface area (Å²) < 4.78 is 1.04. The molecule has 0 aliphatic carbocycles. The van der Waals surface area contributed by atoms with Gasteiger partial charge in [-0.2, -0.15) is 0 Å². The monoisotopic (exact) mass is 326 g/mol. The van der Waals surface area contributed by atoms with Crippen LogP contribution in [-0.2, 0) is 0 Å². The first-order valence-electron chi connectivity index (χ1n) is 7.15. The van der Waals surface area contributed by atoms with Crippen molar-refractivity contribution in [1.29, 1.82) is 0 Å². The number of piperazine rings is 1. The number of nitrogens with one attached hydrogen (secondary N) is 1. The van der Waals surface area contributed by atoms with E-state index in [-0.39, 0.29) is 0 Å². The summed E-state index contributed by atoms with van der Waals surface area (Å²) in [7, 11) is 0. The highest BCUT2D eigenvalue weighted by Crippen LogP contribution is 2.34. The van der Waals surface area contributed by atoms with Crippen LogP contribution in [0, 0.1) is 0 Å². The second kappa shape index (κ2) is 7.27. The van der Waals surface area contributed by atoms with Gasteiger partial charge in [0, 0.05) is 42.3 Å². The van der Waals surface area contributed by atoms with E-state index in [4.69, 9.17) is 0 Å². The first kappa shape index (κ1) is 14.8. The third-order valence-electron chi connectivity index (χ3n) is 3.77. The smallest absolute Gasteiger partial charge is 0.120 e. The van der Waals surface area contributed by atoms with E-state index >= 15 is 0 Å². The Labute approximate surface area is 124 Å². The summed E-state index contributed by atoms with van der Waals surface area (Å²) >= 11 is 3.51. The second-order valence-corrected chi connectivity index (χ2v) is 6.06. The van der Waals surface area contributed by atoms with Crippen LogP contribution >= 0.6 is 15.9 Å². The van der Waals surface area contributed by atoms with Gasteiger partial charge in [0.05, 0.1) is 0 Å². The molecule has 1 atom stereocenters. The van der Waals surface area contributed by atoms with Gasteiger partial charge in [0.1, 0.15) is 5.75 Å². The molecule has 2 N–H and O–H groups in total. The maximum Gasteiger partial charge on any atom is 0.120 e. The van der Waals surface area contributed by atoms with Gasteiger partial charge >= 0.3 is 0 Å². The first-order chi connectivity index (χ1) is 9.22. The largest absolute Gasteiger partial charge is 0.508 e. The fraction of sp³-hybridized carbons (Fsp3) is 0.600. The highest BCUT2D eigenvalue weighted by atomic mass is 79.9. The van der Waals surface area contributed by atoms with E-state index in [0.717, 1.165) is 42.6 Å². The second-order valence-electron chi connectivity index (χ2n) is 5.15. The zero-order valence-electron chi connectivity index (χ0n) is 11.5. The van der Waals surface area contributed by atoms with Crippen LogP contribution in [0.5, 0.6) is 5.75 Å². The third-order valence-corrected chi connectivity index (χ3v) is 4.27. The third kappa shape index (κ3) is 3.94. The number of aromatic hydroxyl groups is 1. The van der Waals surface area contributed by atoms with Crippen LogP contribution in [0.15, 0.2) is 22.7 Å². The Morgan fingerprint density at radius 3 is 2.79 bits per heavy atom. The summed E-state index contributed by atoms with van der Waals surface area (Å²) in [6.07, 6.45) is 3.50. The molecule has 1 aromatic carbocycles. The lowest BCUT2D eigenvalue weighted by Crippen LogP contribution is -2.45. The van der Waals surface area contributed by atoms with Crippen molar-refractivity contribution < 1.29 is 5.11 Å². The number of nitrogens with zero attached hydrogens (tertiary/aromatic N) is 1. The van der Waals surface area contributed by atoms with E-state index < -0.39 is 0 Å². The standard InChI is InChI=1S/C15H23BrN2O/c1-2-3-4-14(18-9-7-17-8-10-18)13-11-12(16)5-6-15(13)19/h5-6,11,14,17,19H,2-4,7-10H2,1H3/t14-/m0/s1. The van der Waals surface area contributed by atoms with Crippen molar-refractivity contribution in [2.24, 2.45) is 0 Å². The molecule has 1 saturated heterocycles. The lowest BCUT2D eigenvalue weighted by molar-refractivity contribution is 0.160. The molecule has 2 rings (SSSR count). The van der Waals surface area contributed by atoms with Gasteiger partial charge in [-0.05, 0) is 24.6 Å². The number of hydrogen-bond donors (Lipinski definition) is 2. The van der Waals surface area contributed by atoms with Gasteiger partial charge in [0.15, 0.2) is 0 Å². The number of benzene rings is 1. The number of phenols is 1. The molecule has 1 aliphatic rings. The van der Waals surface area contributed by atoms with Crippen molar-refractivity contribution >= 4 is 15.9 Å². The summed E-state index contributed by atoms with van der Waals surface area (Å²) in [6.45, 7) is 6.41. The maximum absolute atomic E-state index is 10.2. The van der Waals surface area contributed by atoms with E-state index in [2.05, 4.69) is 39.1 Å². The molecule has 4 heteroatoms. The fourth-order valence-electron chi connectivity index (χ4n) is 2.72. The molecule has 0 bridgehead atoms. The van der Waals surface area contributed by atoms with Crippen molar-refractivity contribution in [3.8, 4) is 5.75 Å². The lowest BCUT2D eigenvalue weighted by Gasteiger charge is -2.35. The molecule has 1 heterocycles. The molecule has 19 heavy (non-hydrogen) atoms. The Balaban J connectivity index is 2.22. The number of phenolic OH excluding ortho intramolecular Hbond substituents is 1. The van der Waals surface area contributed by atoms with Crippen LogP contribution < -0.4 is 5.32 Å². The van der Waals surface area contributed by atoms with Crippen LogP contribution in [0.1, 0.15) is 37.8 Å². The SMILES string of the molecule is CCCC[C@@H](c1cc(Br)ccc1O)N1CCNCC1. The summed E-state index contributed by atoms with van der Waals surface area (Å²) in [6, 6.07) is 6.09. The molecule has 0 spiro atoms. The summed E-state index contributed by atoms with van der Waals surface area (Å²) in [5.74, 6) is 0.419. The minimum absolute atomic E-state index is 0.333. The summed E-state index contributed by atoms with van der Waals surface area (Å²) in [4.78, 5) is 2.49.